The zero-order valence-corrected chi connectivity index (χ0v) is 9.43. The van der Waals surface area contributed by atoms with E-state index in [9.17, 15) is 4.79 Å². The maximum atomic E-state index is 11.7. The summed E-state index contributed by atoms with van der Waals surface area (Å²) in [5.41, 5.74) is 1.46. The highest BCUT2D eigenvalue weighted by molar-refractivity contribution is 6.35. The number of aromatic nitrogens is 1. The van der Waals surface area contributed by atoms with E-state index < -0.39 is 0 Å². The fourth-order valence-corrected chi connectivity index (χ4v) is 1.87. The summed E-state index contributed by atoms with van der Waals surface area (Å²) in [5.74, 6) is 0.220. The first-order chi connectivity index (χ1) is 7.09. The van der Waals surface area contributed by atoms with Gasteiger partial charge < -0.3 is 4.98 Å². The third kappa shape index (κ3) is 1.77. The second-order valence-electron chi connectivity index (χ2n) is 3.91. The Kier molecular flexibility index (Phi) is 2.53. The molecule has 0 atom stereocenters. The van der Waals surface area contributed by atoms with Gasteiger partial charge in [0.05, 0.1) is 10.5 Å². The Morgan fingerprint density at radius 1 is 1.33 bits per heavy atom. The maximum absolute atomic E-state index is 11.7. The standard InChI is InChI=1S/C12H12ClNO/c1-7(2)9-6-8-4-3-5-10(13)11(8)14-12(9)15/h3-7H,1-2H3,(H,14,15). The SMILES string of the molecule is CC(C)c1cc2cccc(Cl)c2[nH]c1=O. The zero-order chi connectivity index (χ0) is 11.0. The quantitative estimate of drug-likeness (QED) is 0.788. The molecule has 15 heavy (non-hydrogen) atoms. The maximum Gasteiger partial charge on any atom is 0.251 e. The molecule has 78 valence electrons. The van der Waals surface area contributed by atoms with Crippen LogP contribution in [0, 0.1) is 0 Å². The Morgan fingerprint density at radius 2 is 2.07 bits per heavy atom. The lowest BCUT2D eigenvalue weighted by Gasteiger charge is -2.06. The molecule has 0 radical (unpaired) electrons. The highest BCUT2D eigenvalue weighted by atomic mass is 35.5. The van der Waals surface area contributed by atoms with Crippen LogP contribution in [-0.2, 0) is 0 Å². The number of fused-ring (bicyclic) bond motifs is 1. The second-order valence-corrected chi connectivity index (χ2v) is 4.32. The monoisotopic (exact) mass is 221 g/mol. The van der Waals surface area contributed by atoms with Crippen LogP contribution in [0.3, 0.4) is 0 Å². The van der Waals surface area contributed by atoms with Crippen LogP contribution in [0.2, 0.25) is 5.02 Å². The molecule has 1 aromatic heterocycles. The van der Waals surface area contributed by atoms with Crippen LogP contribution in [0.25, 0.3) is 10.9 Å². The van der Waals surface area contributed by atoms with Gasteiger partial charge in [-0.25, -0.2) is 0 Å². The lowest BCUT2D eigenvalue weighted by molar-refractivity contribution is 0.849. The molecule has 1 aromatic carbocycles. The molecule has 2 rings (SSSR count). The van der Waals surface area contributed by atoms with Crippen LogP contribution in [-0.4, -0.2) is 4.98 Å². The number of benzene rings is 1. The van der Waals surface area contributed by atoms with Crippen molar-refractivity contribution in [3.05, 3.63) is 45.2 Å². The first kappa shape index (κ1) is 10.2. The van der Waals surface area contributed by atoms with E-state index in [1.54, 1.807) is 6.07 Å². The van der Waals surface area contributed by atoms with Crippen molar-refractivity contribution in [2.24, 2.45) is 0 Å². The molecule has 0 aliphatic heterocycles. The minimum absolute atomic E-state index is 0.0504. The van der Waals surface area contributed by atoms with Crippen LogP contribution in [0.5, 0.6) is 0 Å². The third-order valence-electron chi connectivity index (χ3n) is 2.48. The number of pyridine rings is 1. The first-order valence-electron chi connectivity index (χ1n) is 4.91. The normalized spacial score (nSPS) is 11.2. The Hall–Kier alpha value is -1.28. The van der Waals surface area contributed by atoms with E-state index in [2.05, 4.69) is 4.98 Å². The Labute approximate surface area is 92.9 Å². The molecule has 0 aliphatic rings. The van der Waals surface area contributed by atoms with E-state index in [0.29, 0.717) is 10.5 Å². The molecule has 0 unspecified atom stereocenters. The van der Waals surface area contributed by atoms with E-state index in [0.717, 1.165) is 10.9 Å². The Bertz CT molecular complexity index is 557. The summed E-state index contributed by atoms with van der Waals surface area (Å²) >= 11 is 5.99. The third-order valence-corrected chi connectivity index (χ3v) is 2.79. The summed E-state index contributed by atoms with van der Waals surface area (Å²) in [6, 6.07) is 7.51. The molecule has 0 fully saturated rings. The van der Waals surface area contributed by atoms with Gasteiger partial charge in [-0.15, -0.1) is 0 Å². The molecule has 3 heteroatoms. The highest BCUT2D eigenvalue weighted by Gasteiger charge is 2.07. The van der Waals surface area contributed by atoms with Crippen LogP contribution in [0.4, 0.5) is 0 Å². The van der Waals surface area contributed by atoms with Gasteiger partial charge >= 0.3 is 0 Å². The fraction of sp³-hybridized carbons (Fsp3) is 0.250. The van der Waals surface area contributed by atoms with Crippen molar-refractivity contribution >= 4 is 22.5 Å². The van der Waals surface area contributed by atoms with Gasteiger partial charge in [0, 0.05) is 10.9 Å². The number of aromatic amines is 1. The Balaban J connectivity index is 2.82. The minimum Gasteiger partial charge on any atom is -0.320 e. The number of hydrogen-bond acceptors (Lipinski definition) is 1. The van der Waals surface area contributed by atoms with Crippen molar-refractivity contribution in [2.45, 2.75) is 19.8 Å². The van der Waals surface area contributed by atoms with Gasteiger partial charge in [0.15, 0.2) is 0 Å². The summed E-state index contributed by atoms with van der Waals surface area (Å²) in [5, 5.41) is 1.56. The van der Waals surface area contributed by atoms with Crippen molar-refractivity contribution in [3.8, 4) is 0 Å². The smallest absolute Gasteiger partial charge is 0.251 e. The predicted octanol–water partition coefficient (Wildman–Crippen LogP) is 3.30. The van der Waals surface area contributed by atoms with E-state index in [1.165, 1.54) is 0 Å². The Morgan fingerprint density at radius 3 is 2.73 bits per heavy atom. The average Bonchev–Trinajstić information content (AvgIpc) is 2.18. The lowest BCUT2D eigenvalue weighted by Crippen LogP contribution is -2.13. The summed E-state index contributed by atoms with van der Waals surface area (Å²) in [7, 11) is 0. The summed E-state index contributed by atoms with van der Waals surface area (Å²) in [6.45, 7) is 4.00. The number of halogens is 1. The van der Waals surface area contributed by atoms with Gasteiger partial charge in [0.2, 0.25) is 0 Å². The summed E-state index contributed by atoms with van der Waals surface area (Å²) < 4.78 is 0. The number of nitrogens with one attached hydrogen (secondary N) is 1. The average molecular weight is 222 g/mol. The first-order valence-corrected chi connectivity index (χ1v) is 5.29. The van der Waals surface area contributed by atoms with E-state index in [-0.39, 0.29) is 11.5 Å². The van der Waals surface area contributed by atoms with Gasteiger partial charge in [0.1, 0.15) is 0 Å². The van der Waals surface area contributed by atoms with Gasteiger partial charge in [-0.2, -0.15) is 0 Å². The van der Waals surface area contributed by atoms with Crippen LogP contribution >= 0.6 is 11.6 Å². The highest BCUT2D eigenvalue weighted by Crippen LogP contribution is 2.22. The van der Waals surface area contributed by atoms with Crippen molar-refractivity contribution in [3.63, 3.8) is 0 Å². The van der Waals surface area contributed by atoms with Crippen LogP contribution < -0.4 is 5.56 Å². The molecule has 2 aromatic rings. The largest absolute Gasteiger partial charge is 0.320 e. The van der Waals surface area contributed by atoms with E-state index in [4.69, 9.17) is 11.6 Å². The lowest BCUT2D eigenvalue weighted by atomic mass is 10.0. The van der Waals surface area contributed by atoms with Crippen molar-refractivity contribution < 1.29 is 0 Å². The molecule has 0 saturated carbocycles. The van der Waals surface area contributed by atoms with Gasteiger partial charge in [-0.3, -0.25) is 4.79 Å². The minimum atomic E-state index is -0.0504. The van der Waals surface area contributed by atoms with Crippen molar-refractivity contribution in [1.29, 1.82) is 0 Å². The molecule has 0 saturated heterocycles. The molecule has 0 amide bonds. The summed E-state index contributed by atoms with van der Waals surface area (Å²) in [6.07, 6.45) is 0. The number of rotatable bonds is 1. The fourth-order valence-electron chi connectivity index (χ4n) is 1.64. The topological polar surface area (TPSA) is 32.9 Å². The second kappa shape index (κ2) is 3.70. The molecule has 2 nitrogen and oxygen atoms in total. The summed E-state index contributed by atoms with van der Waals surface area (Å²) in [4.78, 5) is 14.5. The molecule has 1 heterocycles. The van der Waals surface area contributed by atoms with Crippen LogP contribution in [0.1, 0.15) is 25.3 Å². The van der Waals surface area contributed by atoms with E-state index in [1.807, 2.05) is 32.0 Å². The van der Waals surface area contributed by atoms with Crippen LogP contribution in [0.15, 0.2) is 29.1 Å². The number of H-pyrrole nitrogens is 1. The molecule has 0 spiro atoms. The molecular weight excluding hydrogens is 210 g/mol. The zero-order valence-electron chi connectivity index (χ0n) is 8.67. The van der Waals surface area contributed by atoms with Gasteiger partial charge in [-0.1, -0.05) is 37.6 Å². The molecule has 1 N–H and O–H groups in total. The van der Waals surface area contributed by atoms with E-state index >= 15 is 0 Å². The van der Waals surface area contributed by atoms with Gasteiger partial charge in [-0.05, 0) is 18.1 Å². The van der Waals surface area contributed by atoms with Crippen molar-refractivity contribution in [2.75, 3.05) is 0 Å². The van der Waals surface area contributed by atoms with Gasteiger partial charge in [0.25, 0.3) is 5.56 Å². The molecule has 0 aliphatic carbocycles. The predicted molar refractivity (Wildman–Crippen MR) is 63.7 cm³/mol. The number of para-hydroxylation sites is 1. The molecule has 0 bridgehead atoms. The number of hydrogen-bond donors (Lipinski definition) is 1. The molecular formula is C12H12ClNO. The van der Waals surface area contributed by atoms with Crippen molar-refractivity contribution in [1.82, 2.24) is 4.98 Å².